The lowest BCUT2D eigenvalue weighted by molar-refractivity contribution is -0.122. The van der Waals surface area contributed by atoms with E-state index in [1.807, 2.05) is 0 Å². The van der Waals surface area contributed by atoms with Gasteiger partial charge in [0.2, 0.25) is 5.91 Å². The summed E-state index contributed by atoms with van der Waals surface area (Å²) < 4.78 is 24.5. The molecule has 28 heavy (non-hydrogen) atoms. The van der Waals surface area contributed by atoms with Gasteiger partial charge in [-0.2, -0.15) is 0 Å². The summed E-state index contributed by atoms with van der Waals surface area (Å²) in [6.07, 6.45) is 1.87. The summed E-state index contributed by atoms with van der Waals surface area (Å²) >= 11 is 0. The number of ether oxygens (including phenoxy) is 1. The first-order valence-corrected chi connectivity index (χ1v) is 9.61. The van der Waals surface area contributed by atoms with E-state index >= 15 is 0 Å². The number of nitrogens with one attached hydrogen (secondary N) is 1. The van der Waals surface area contributed by atoms with Crippen LogP contribution in [0.5, 0.6) is 0 Å². The third-order valence-electron chi connectivity index (χ3n) is 4.79. The van der Waals surface area contributed by atoms with Crippen molar-refractivity contribution in [1.82, 2.24) is 10.2 Å². The zero-order valence-electron chi connectivity index (χ0n) is 15.9. The third-order valence-corrected chi connectivity index (χ3v) is 4.79. The van der Waals surface area contributed by atoms with E-state index in [0.29, 0.717) is 62.5 Å². The van der Waals surface area contributed by atoms with Gasteiger partial charge in [-0.1, -0.05) is 12.1 Å². The molecule has 1 aliphatic heterocycles. The van der Waals surface area contributed by atoms with Gasteiger partial charge < -0.3 is 19.4 Å². The molecule has 1 aromatic heterocycles. The molecule has 1 N–H and O–H groups in total. The van der Waals surface area contributed by atoms with Crippen LogP contribution in [0.25, 0.3) is 11.3 Å². The van der Waals surface area contributed by atoms with Crippen molar-refractivity contribution in [2.24, 2.45) is 0 Å². The number of aryl methyl sites for hydroxylation is 1. The van der Waals surface area contributed by atoms with Crippen molar-refractivity contribution < 1.29 is 23.1 Å². The number of hydrogen-bond acceptors (Lipinski definition) is 4. The van der Waals surface area contributed by atoms with Crippen LogP contribution in [-0.4, -0.2) is 42.6 Å². The number of benzene rings is 1. The average molecular weight is 388 g/mol. The molecule has 1 aromatic carbocycles. The number of nitrogens with zero attached hydrogens (tertiary/aromatic N) is 1. The SMILES string of the molecule is CCOC(=O)N1CCC(NC(=O)CCc2ccc(-c3ccccc3F)o2)CC1. The van der Waals surface area contributed by atoms with Gasteiger partial charge >= 0.3 is 6.09 Å². The summed E-state index contributed by atoms with van der Waals surface area (Å²) in [5.41, 5.74) is 0.409. The monoisotopic (exact) mass is 388 g/mol. The molecule has 3 rings (SSSR count). The molecule has 1 saturated heterocycles. The van der Waals surface area contributed by atoms with Crippen molar-refractivity contribution >= 4 is 12.0 Å². The first-order valence-electron chi connectivity index (χ1n) is 9.61. The van der Waals surface area contributed by atoms with Gasteiger partial charge in [0.1, 0.15) is 17.3 Å². The molecule has 0 atom stereocenters. The molecule has 0 unspecified atom stereocenters. The molecule has 2 aromatic rings. The van der Waals surface area contributed by atoms with Gasteiger partial charge in [0.05, 0.1) is 12.2 Å². The zero-order valence-corrected chi connectivity index (χ0v) is 15.9. The number of likely N-dealkylation sites (tertiary alicyclic amines) is 1. The average Bonchev–Trinajstić information content (AvgIpc) is 3.16. The Bertz CT molecular complexity index is 812. The van der Waals surface area contributed by atoms with Crippen molar-refractivity contribution in [3.05, 3.63) is 48.0 Å². The highest BCUT2D eigenvalue weighted by Crippen LogP contribution is 2.25. The fourth-order valence-electron chi connectivity index (χ4n) is 3.28. The lowest BCUT2D eigenvalue weighted by Crippen LogP contribution is -2.46. The number of rotatable bonds is 6. The van der Waals surface area contributed by atoms with Crippen LogP contribution in [0.1, 0.15) is 31.9 Å². The van der Waals surface area contributed by atoms with Crippen LogP contribution in [-0.2, 0) is 16.0 Å². The van der Waals surface area contributed by atoms with E-state index in [-0.39, 0.29) is 23.9 Å². The van der Waals surface area contributed by atoms with Crippen LogP contribution in [0.15, 0.2) is 40.8 Å². The van der Waals surface area contributed by atoms with Crippen LogP contribution >= 0.6 is 0 Å². The topological polar surface area (TPSA) is 71.8 Å². The fourth-order valence-corrected chi connectivity index (χ4v) is 3.28. The van der Waals surface area contributed by atoms with Gasteiger partial charge in [-0.05, 0) is 44.0 Å². The number of piperidine rings is 1. The van der Waals surface area contributed by atoms with Crippen LogP contribution in [0.3, 0.4) is 0 Å². The number of carbonyl (C=O) groups excluding carboxylic acids is 2. The van der Waals surface area contributed by atoms with Crippen molar-refractivity contribution in [3.63, 3.8) is 0 Å². The Morgan fingerprint density at radius 3 is 2.68 bits per heavy atom. The Labute approximate surface area is 163 Å². The lowest BCUT2D eigenvalue weighted by atomic mass is 10.1. The van der Waals surface area contributed by atoms with E-state index < -0.39 is 0 Å². The molecule has 1 aliphatic rings. The molecule has 2 heterocycles. The van der Waals surface area contributed by atoms with E-state index in [4.69, 9.17) is 9.15 Å². The Balaban J connectivity index is 1.43. The summed E-state index contributed by atoms with van der Waals surface area (Å²) in [6.45, 7) is 3.30. The predicted molar refractivity (Wildman–Crippen MR) is 102 cm³/mol. The van der Waals surface area contributed by atoms with Crippen molar-refractivity contribution in [2.45, 2.75) is 38.6 Å². The molecule has 6 nitrogen and oxygen atoms in total. The zero-order chi connectivity index (χ0) is 19.9. The Hall–Kier alpha value is -2.83. The summed E-state index contributed by atoms with van der Waals surface area (Å²) in [6, 6.07) is 9.98. The molecule has 0 aliphatic carbocycles. The minimum atomic E-state index is -0.338. The molecular weight excluding hydrogens is 363 g/mol. The van der Waals surface area contributed by atoms with Crippen LogP contribution in [0.2, 0.25) is 0 Å². The van der Waals surface area contributed by atoms with Gasteiger partial charge in [-0.15, -0.1) is 0 Å². The standard InChI is InChI=1S/C21H25FN2O4/c1-2-27-21(26)24-13-11-15(12-14-24)23-20(25)10-8-16-7-9-19(28-16)17-5-3-4-6-18(17)22/h3-7,9,15H,2,8,10-14H2,1H3,(H,23,25). The maximum atomic E-state index is 13.8. The highest BCUT2D eigenvalue weighted by molar-refractivity contribution is 5.76. The third kappa shape index (κ3) is 5.12. The van der Waals surface area contributed by atoms with Crippen molar-refractivity contribution in [1.29, 1.82) is 0 Å². The second-order valence-electron chi connectivity index (χ2n) is 6.77. The Kier molecular flexibility index (Phi) is 6.68. The molecule has 0 radical (unpaired) electrons. The summed E-state index contributed by atoms with van der Waals surface area (Å²) in [5.74, 6) is 0.708. The quantitative estimate of drug-likeness (QED) is 0.818. The summed E-state index contributed by atoms with van der Waals surface area (Å²) in [7, 11) is 0. The van der Waals surface area contributed by atoms with Gasteiger partial charge in [0, 0.05) is 32.0 Å². The molecule has 0 spiro atoms. The molecule has 2 amide bonds. The summed E-state index contributed by atoms with van der Waals surface area (Å²) in [5, 5.41) is 3.01. The Morgan fingerprint density at radius 2 is 1.96 bits per heavy atom. The minimum Gasteiger partial charge on any atom is -0.461 e. The number of halogens is 1. The fraction of sp³-hybridized carbons (Fsp3) is 0.429. The first-order chi connectivity index (χ1) is 13.6. The van der Waals surface area contributed by atoms with Crippen molar-refractivity contribution in [3.8, 4) is 11.3 Å². The van der Waals surface area contributed by atoms with Crippen molar-refractivity contribution in [2.75, 3.05) is 19.7 Å². The Morgan fingerprint density at radius 1 is 1.21 bits per heavy atom. The number of hydrogen-bond donors (Lipinski definition) is 1. The second kappa shape index (κ2) is 9.39. The van der Waals surface area contributed by atoms with E-state index in [9.17, 15) is 14.0 Å². The maximum Gasteiger partial charge on any atom is 0.409 e. The first kappa shape index (κ1) is 19.9. The van der Waals surface area contributed by atoms with Gasteiger partial charge in [-0.3, -0.25) is 4.79 Å². The highest BCUT2D eigenvalue weighted by Gasteiger charge is 2.24. The molecule has 0 saturated carbocycles. The highest BCUT2D eigenvalue weighted by atomic mass is 19.1. The van der Waals surface area contributed by atoms with Crippen LogP contribution in [0.4, 0.5) is 9.18 Å². The minimum absolute atomic E-state index is 0.0570. The molecule has 7 heteroatoms. The van der Waals surface area contributed by atoms with Gasteiger partial charge in [0.15, 0.2) is 0 Å². The van der Waals surface area contributed by atoms with Gasteiger partial charge in [-0.25, -0.2) is 9.18 Å². The largest absolute Gasteiger partial charge is 0.461 e. The normalized spacial score (nSPS) is 14.7. The molecule has 1 fully saturated rings. The number of carbonyl (C=O) groups is 2. The predicted octanol–water partition coefficient (Wildman–Crippen LogP) is 3.76. The molecule has 150 valence electrons. The number of furan rings is 1. The van der Waals surface area contributed by atoms with Crippen LogP contribution < -0.4 is 5.32 Å². The van der Waals surface area contributed by atoms with E-state index in [2.05, 4.69) is 5.32 Å². The molecule has 0 bridgehead atoms. The maximum absolute atomic E-state index is 13.8. The number of amides is 2. The van der Waals surface area contributed by atoms with E-state index in [1.54, 1.807) is 42.2 Å². The van der Waals surface area contributed by atoms with E-state index in [1.165, 1.54) is 6.07 Å². The molecular formula is C21H25FN2O4. The second-order valence-corrected chi connectivity index (χ2v) is 6.77. The summed E-state index contributed by atoms with van der Waals surface area (Å²) in [4.78, 5) is 25.6. The smallest absolute Gasteiger partial charge is 0.409 e. The van der Waals surface area contributed by atoms with E-state index in [0.717, 1.165) is 0 Å². The van der Waals surface area contributed by atoms with Gasteiger partial charge in [0.25, 0.3) is 0 Å². The lowest BCUT2D eigenvalue weighted by Gasteiger charge is -2.31. The van der Waals surface area contributed by atoms with Crippen LogP contribution in [0, 0.1) is 5.82 Å².